The van der Waals surface area contributed by atoms with E-state index in [1.807, 2.05) is 6.07 Å². The normalized spacial score (nSPS) is 12.4. The minimum Gasteiger partial charge on any atom is -0.310 e. The van der Waals surface area contributed by atoms with Gasteiger partial charge in [-0.15, -0.1) is 0 Å². The fourth-order valence-corrected chi connectivity index (χ4v) is 3.34. The summed E-state index contributed by atoms with van der Waals surface area (Å²) in [4.78, 5) is 4.04. The Kier molecular flexibility index (Phi) is 6.26. The Morgan fingerprint density at radius 2 is 2.20 bits per heavy atom. The van der Waals surface area contributed by atoms with Gasteiger partial charge in [-0.2, -0.15) is 0 Å². The van der Waals surface area contributed by atoms with Gasteiger partial charge in [0, 0.05) is 26.5 Å². The summed E-state index contributed by atoms with van der Waals surface area (Å²) in [6, 6.07) is 8.59. The summed E-state index contributed by atoms with van der Waals surface area (Å²) in [5.74, 6) is 0. The Morgan fingerprint density at radius 1 is 1.40 bits per heavy atom. The third kappa shape index (κ3) is 4.16. The number of hydrogen-bond acceptors (Lipinski definition) is 2. The van der Waals surface area contributed by atoms with Crippen molar-refractivity contribution in [2.24, 2.45) is 0 Å². The molecule has 0 saturated carbocycles. The lowest BCUT2D eigenvalue weighted by Gasteiger charge is -2.20. The second-order valence-electron chi connectivity index (χ2n) is 4.45. The maximum atomic E-state index is 6.22. The minimum atomic E-state index is 0.226. The molecule has 0 spiro atoms. The van der Waals surface area contributed by atoms with E-state index >= 15 is 0 Å². The zero-order valence-corrected chi connectivity index (χ0v) is 15.5. The zero-order valence-electron chi connectivity index (χ0n) is 11.0. The van der Waals surface area contributed by atoms with Crippen molar-refractivity contribution in [1.82, 2.24) is 10.3 Å². The van der Waals surface area contributed by atoms with E-state index in [-0.39, 0.29) is 6.04 Å². The number of nitrogens with zero attached hydrogens (tertiary/aromatic N) is 1. The average Bonchev–Trinajstić information content (AvgIpc) is 2.43. The van der Waals surface area contributed by atoms with Gasteiger partial charge in [0.25, 0.3) is 0 Å². The molecule has 0 amide bonds. The summed E-state index contributed by atoms with van der Waals surface area (Å²) in [5, 5.41) is 4.25. The largest absolute Gasteiger partial charge is 0.310 e. The molecule has 106 valence electrons. The summed E-state index contributed by atoms with van der Waals surface area (Å²) in [6.45, 7) is 3.02. The lowest BCUT2D eigenvalue weighted by molar-refractivity contribution is 0.547. The number of rotatable bonds is 5. The standard InChI is InChI=1S/C15H15BrClIN2/c1-2-20-15(7-10-5-6-19-9-14(10)17)12-8-11(18)3-4-13(12)16/h3-6,8-9,15,20H,2,7H2,1H3. The molecular weight excluding hydrogens is 450 g/mol. The van der Waals surface area contributed by atoms with E-state index in [1.54, 1.807) is 12.4 Å². The Balaban J connectivity index is 2.32. The van der Waals surface area contributed by atoms with E-state index in [1.165, 1.54) is 9.13 Å². The van der Waals surface area contributed by atoms with Gasteiger partial charge in [-0.25, -0.2) is 0 Å². The van der Waals surface area contributed by atoms with Crippen molar-refractivity contribution in [1.29, 1.82) is 0 Å². The third-order valence-electron chi connectivity index (χ3n) is 3.06. The lowest BCUT2D eigenvalue weighted by Crippen LogP contribution is -2.23. The summed E-state index contributed by atoms with van der Waals surface area (Å²) in [7, 11) is 0. The molecule has 1 aromatic carbocycles. The molecule has 0 aliphatic rings. The van der Waals surface area contributed by atoms with E-state index in [9.17, 15) is 0 Å². The summed E-state index contributed by atoms with van der Waals surface area (Å²) >= 11 is 12.2. The van der Waals surface area contributed by atoms with Crippen LogP contribution in [-0.4, -0.2) is 11.5 Å². The molecule has 0 aliphatic heterocycles. The molecule has 0 radical (unpaired) electrons. The van der Waals surface area contributed by atoms with E-state index in [0.29, 0.717) is 0 Å². The van der Waals surface area contributed by atoms with Crippen LogP contribution in [0.5, 0.6) is 0 Å². The number of hydrogen-bond donors (Lipinski definition) is 1. The van der Waals surface area contributed by atoms with Crippen LogP contribution in [0.25, 0.3) is 0 Å². The number of nitrogens with one attached hydrogen (secondary N) is 1. The first-order chi connectivity index (χ1) is 9.61. The Morgan fingerprint density at radius 3 is 2.90 bits per heavy atom. The van der Waals surface area contributed by atoms with Crippen LogP contribution in [-0.2, 0) is 6.42 Å². The highest BCUT2D eigenvalue weighted by Crippen LogP contribution is 2.29. The molecule has 1 unspecified atom stereocenters. The second-order valence-corrected chi connectivity index (χ2v) is 6.95. The number of benzene rings is 1. The molecule has 0 saturated heterocycles. The molecule has 5 heteroatoms. The predicted octanol–water partition coefficient (Wildman–Crippen LogP) is 5.00. The predicted molar refractivity (Wildman–Crippen MR) is 96.2 cm³/mol. The van der Waals surface area contributed by atoms with Crippen LogP contribution in [0.3, 0.4) is 0 Å². The minimum absolute atomic E-state index is 0.226. The third-order valence-corrected chi connectivity index (χ3v) is 4.80. The van der Waals surface area contributed by atoms with Gasteiger partial charge >= 0.3 is 0 Å². The maximum absolute atomic E-state index is 6.22. The van der Waals surface area contributed by atoms with Crippen molar-refractivity contribution >= 4 is 50.1 Å². The monoisotopic (exact) mass is 464 g/mol. The van der Waals surface area contributed by atoms with Crippen LogP contribution in [0.4, 0.5) is 0 Å². The quantitative estimate of drug-likeness (QED) is 0.629. The average molecular weight is 466 g/mol. The van der Waals surface area contributed by atoms with Crippen LogP contribution in [0.1, 0.15) is 24.1 Å². The summed E-state index contributed by atoms with van der Waals surface area (Å²) in [6.07, 6.45) is 4.32. The topological polar surface area (TPSA) is 24.9 Å². The van der Waals surface area contributed by atoms with Crippen molar-refractivity contribution in [3.8, 4) is 0 Å². The molecule has 0 aliphatic carbocycles. The maximum Gasteiger partial charge on any atom is 0.0622 e. The molecular formula is C15H15BrClIN2. The van der Waals surface area contributed by atoms with E-state index in [2.05, 4.69) is 73.9 Å². The molecule has 2 nitrogen and oxygen atoms in total. The van der Waals surface area contributed by atoms with Crippen molar-refractivity contribution in [3.63, 3.8) is 0 Å². The zero-order chi connectivity index (χ0) is 14.5. The summed E-state index contributed by atoms with van der Waals surface area (Å²) < 4.78 is 2.35. The Hall–Kier alpha value is -0.170. The van der Waals surface area contributed by atoms with Gasteiger partial charge in [-0.05, 0) is 70.9 Å². The number of pyridine rings is 1. The highest BCUT2D eigenvalue weighted by atomic mass is 127. The van der Waals surface area contributed by atoms with Crippen molar-refractivity contribution in [2.45, 2.75) is 19.4 Å². The van der Waals surface area contributed by atoms with Gasteiger partial charge in [-0.3, -0.25) is 4.98 Å². The van der Waals surface area contributed by atoms with Crippen molar-refractivity contribution in [2.75, 3.05) is 6.54 Å². The highest BCUT2D eigenvalue weighted by molar-refractivity contribution is 14.1. The first kappa shape index (κ1) is 16.2. The molecule has 0 bridgehead atoms. The molecule has 1 aromatic heterocycles. The van der Waals surface area contributed by atoms with Crippen LogP contribution < -0.4 is 5.32 Å². The van der Waals surface area contributed by atoms with Crippen molar-refractivity contribution < 1.29 is 0 Å². The second kappa shape index (κ2) is 7.73. The van der Waals surface area contributed by atoms with E-state index in [4.69, 9.17) is 11.6 Å². The van der Waals surface area contributed by atoms with Gasteiger partial charge < -0.3 is 5.32 Å². The molecule has 1 heterocycles. The van der Waals surface area contributed by atoms with E-state index < -0.39 is 0 Å². The fourth-order valence-electron chi connectivity index (χ4n) is 2.11. The molecule has 1 atom stereocenters. The molecule has 0 fully saturated rings. The highest BCUT2D eigenvalue weighted by Gasteiger charge is 2.16. The Labute approximate surface area is 146 Å². The van der Waals surface area contributed by atoms with Crippen LogP contribution in [0.2, 0.25) is 5.02 Å². The van der Waals surface area contributed by atoms with Crippen molar-refractivity contribution in [3.05, 3.63) is 60.9 Å². The van der Waals surface area contributed by atoms with Gasteiger partial charge in [0.15, 0.2) is 0 Å². The summed E-state index contributed by atoms with van der Waals surface area (Å²) in [5.41, 5.74) is 2.37. The molecule has 20 heavy (non-hydrogen) atoms. The first-order valence-electron chi connectivity index (χ1n) is 6.38. The van der Waals surface area contributed by atoms with Gasteiger partial charge in [0.2, 0.25) is 0 Å². The fraction of sp³-hybridized carbons (Fsp3) is 0.267. The smallest absolute Gasteiger partial charge is 0.0622 e. The van der Waals surface area contributed by atoms with Gasteiger partial charge in [0.05, 0.1) is 5.02 Å². The number of aromatic nitrogens is 1. The number of likely N-dealkylation sites (N-methyl/N-ethyl adjacent to an activating group) is 1. The van der Waals surface area contributed by atoms with Gasteiger partial charge in [-0.1, -0.05) is 34.5 Å². The van der Waals surface area contributed by atoms with E-state index in [0.717, 1.165) is 28.0 Å². The van der Waals surface area contributed by atoms with Crippen LogP contribution in [0, 0.1) is 3.57 Å². The Bertz CT molecular complexity index is 592. The lowest BCUT2D eigenvalue weighted by atomic mass is 9.99. The van der Waals surface area contributed by atoms with Gasteiger partial charge in [0.1, 0.15) is 0 Å². The first-order valence-corrected chi connectivity index (χ1v) is 8.63. The van der Waals surface area contributed by atoms with Crippen LogP contribution in [0.15, 0.2) is 41.1 Å². The molecule has 2 rings (SSSR count). The SMILES string of the molecule is CCNC(Cc1ccncc1Cl)c1cc(I)ccc1Br. The number of halogens is 3. The molecule has 1 N–H and O–H groups in total. The van der Waals surface area contributed by atoms with Crippen LogP contribution >= 0.6 is 50.1 Å². The molecule has 2 aromatic rings.